The van der Waals surface area contributed by atoms with Crippen LogP contribution in [0, 0.1) is 11.8 Å². The SMILES string of the molecule is CC(=O)C[C@H](O)CC#CCO[Si]C(C)(C)C. The lowest BCUT2D eigenvalue weighted by Gasteiger charge is -2.14. The molecule has 0 unspecified atom stereocenters. The van der Waals surface area contributed by atoms with Crippen molar-refractivity contribution in [1.29, 1.82) is 0 Å². The summed E-state index contributed by atoms with van der Waals surface area (Å²) in [4.78, 5) is 10.7. The van der Waals surface area contributed by atoms with E-state index in [0.717, 1.165) is 0 Å². The fraction of sp³-hybridized carbons (Fsp3) is 0.750. The molecule has 1 atom stereocenters. The van der Waals surface area contributed by atoms with E-state index in [1.807, 2.05) is 0 Å². The minimum Gasteiger partial charge on any atom is -0.406 e. The number of Topliss-reactive ketones (excluding diaryl/α,β-unsaturated/α-hetero) is 1. The summed E-state index contributed by atoms with van der Waals surface area (Å²) in [5.41, 5.74) is 0. The molecule has 4 heteroatoms. The van der Waals surface area contributed by atoms with E-state index in [1.165, 1.54) is 6.92 Å². The molecule has 0 aromatic carbocycles. The Kier molecular flexibility index (Phi) is 7.31. The van der Waals surface area contributed by atoms with Crippen LogP contribution in [0.15, 0.2) is 0 Å². The highest BCUT2D eigenvalue weighted by Crippen LogP contribution is 2.19. The predicted octanol–water partition coefficient (Wildman–Crippen LogP) is 1.57. The molecule has 0 aromatic rings. The summed E-state index contributed by atoms with van der Waals surface area (Å²) in [5.74, 6) is 5.62. The summed E-state index contributed by atoms with van der Waals surface area (Å²) < 4.78 is 5.37. The average molecular weight is 240 g/mol. The van der Waals surface area contributed by atoms with Crippen LogP contribution < -0.4 is 0 Å². The molecule has 0 spiro atoms. The molecule has 0 aromatic heterocycles. The fourth-order valence-corrected chi connectivity index (χ4v) is 1.51. The van der Waals surface area contributed by atoms with Crippen LogP contribution in [-0.4, -0.2) is 33.4 Å². The van der Waals surface area contributed by atoms with Gasteiger partial charge in [-0.05, 0) is 12.0 Å². The highest BCUT2D eigenvalue weighted by atomic mass is 28.2. The van der Waals surface area contributed by atoms with Crippen molar-refractivity contribution in [2.24, 2.45) is 0 Å². The van der Waals surface area contributed by atoms with Gasteiger partial charge in [0.25, 0.3) is 0 Å². The standard InChI is InChI=1S/C12H20O3Si/c1-10(13)9-11(14)7-5-6-8-15-16-12(2,3)4/h11,14H,7-9H2,1-4H3/t11-/m1/s1. The van der Waals surface area contributed by atoms with Crippen molar-refractivity contribution in [1.82, 2.24) is 0 Å². The first-order chi connectivity index (χ1) is 7.31. The summed E-state index contributed by atoms with van der Waals surface area (Å²) in [6, 6.07) is 0. The van der Waals surface area contributed by atoms with Gasteiger partial charge < -0.3 is 9.53 Å². The molecule has 0 fully saturated rings. The molecular formula is C12H20O3Si. The molecule has 3 nitrogen and oxygen atoms in total. The molecule has 16 heavy (non-hydrogen) atoms. The molecule has 0 aliphatic heterocycles. The van der Waals surface area contributed by atoms with Gasteiger partial charge in [-0.3, -0.25) is 4.79 Å². The van der Waals surface area contributed by atoms with Crippen LogP contribution in [0.25, 0.3) is 0 Å². The molecular weight excluding hydrogens is 220 g/mol. The minimum absolute atomic E-state index is 0.0141. The van der Waals surface area contributed by atoms with Crippen LogP contribution in [-0.2, 0) is 9.22 Å². The minimum atomic E-state index is -0.643. The van der Waals surface area contributed by atoms with Crippen LogP contribution in [0.5, 0.6) is 0 Å². The van der Waals surface area contributed by atoms with Crippen LogP contribution in [0.1, 0.15) is 40.5 Å². The van der Waals surface area contributed by atoms with Gasteiger partial charge in [-0.25, -0.2) is 0 Å². The van der Waals surface area contributed by atoms with Gasteiger partial charge in [0.2, 0.25) is 9.76 Å². The Hall–Kier alpha value is -0.633. The van der Waals surface area contributed by atoms with Gasteiger partial charge in [0.1, 0.15) is 5.78 Å². The lowest BCUT2D eigenvalue weighted by atomic mass is 10.1. The highest BCUT2D eigenvalue weighted by Gasteiger charge is 2.12. The number of hydrogen-bond acceptors (Lipinski definition) is 3. The van der Waals surface area contributed by atoms with Crippen molar-refractivity contribution in [3.05, 3.63) is 0 Å². The first-order valence-corrected chi connectivity index (χ1v) is 6.24. The zero-order valence-electron chi connectivity index (χ0n) is 10.5. The Morgan fingerprint density at radius 1 is 1.44 bits per heavy atom. The monoisotopic (exact) mass is 240 g/mol. The second-order valence-corrected chi connectivity index (χ2v) is 6.75. The van der Waals surface area contributed by atoms with E-state index in [9.17, 15) is 9.90 Å². The van der Waals surface area contributed by atoms with Crippen LogP contribution in [0.3, 0.4) is 0 Å². The Morgan fingerprint density at radius 3 is 2.56 bits per heavy atom. The molecule has 0 bridgehead atoms. The maximum absolute atomic E-state index is 10.7. The van der Waals surface area contributed by atoms with Gasteiger partial charge >= 0.3 is 0 Å². The second kappa shape index (κ2) is 7.61. The maximum Gasteiger partial charge on any atom is 0.237 e. The number of ketones is 1. The third-order valence-corrected chi connectivity index (χ3v) is 2.41. The largest absolute Gasteiger partial charge is 0.406 e. The quantitative estimate of drug-likeness (QED) is 0.451. The molecule has 0 heterocycles. The number of carbonyl (C=O) groups excluding carboxylic acids is 1. The smallest absolute Gasteiger partial charge is 0.237 e. The van der Waals surface area contributed by atoms with Crippen molar-refractivity contribution >= 4 is 15.5 Å². The molecule has 0 saturated heterocycles. The highest BCUT2D eigenvalue weighted by molar-refractivity contribution is 6.31. The zero-order valence-corrected chi connectivity index (χ0v) is 11.5. The zero-order chi connectivity index (χ0) is 12.6. The first-order valence-electron chi connectivity index (χ1n) is 5.33. The van der Waals surface area contributed by atoms with Gasteiger partial charge in [-0.2, -0.15) is 0 Å². The van der Waals surface area contributed by atoms with Crippen molar-refractivity contribution in [3.8, 4) is 11.8 Å². The average Bonchev–Trinajstić information content (AvgIpc) is 2.07. The van der Waals surface area contributed by atoms with E-state index in [2.05, 4.69) is 32.6 Å². The summed E-state index contributed by atoms with van der Waals surface area (Å²) in [7, 11) is 0.425. The Morgan fingerprint density at radius 2 is 2.06 bits per heavy atom. The third-order valence-electron chi connectivity index (χ3n) is 1.51. The van der Waals surface area contributed by atoms with Crippen molar-refractivity contribution in [3.63, 3.8) is 0 Å². The second-order valence-electron chi connectivity index (χ2n) is 4.76. The van der Waals surface area contributed by atoms with E-state index in [0.29, 0.717) is 22.8 Å². The summed E-state index contributed by atoms with van der Waals surface area (Å²) in [5, 5.41) is 9.52. The predicted molar refractivity (Wildman–Crippen MR) is 65.1 cm³/mol. The van der Waals surface area contributed by atoms with Crippen molar-refractivity contribution < 1.29 is 14.3 Å². The molecule has 0 rings (SSSR count). The van der Waals surface area contributed by atoms with Crippen LogP contribution >= 0.6 is 0 Å². The lowest BCUT2D eigenvalue weighted by molar-refractivity contribution is -0.118. The van der Waals surface area contributed by atoms with E-state index in [1.54, 1.807) is 0 Å². The van der Waals surface area contributed by atoms with Gasteiger partial charge in [0.05, 0.1) is 12.7 Å². The fourth-order valence-electron chi connectivity index (χ4n) is 0.934. The first kappa shape index (κ1) is 15.4. The van der Waals surface area contributed by atoms with Crippen LogP contribution in [0.2, 0.25) is 5.04 Å². The topological polar surface area (TPSA) is 46.5 Å². The third kappa shape index (κ3) is 11.4. The van der Waals surface area contributed by atoms with Gasteiger partial charge in [0.15, 0.2) is 0 Å². The normalized spacial score (nSPS) is 12.8. The Balaban J connectivity index is 3.59. The van der Waals surface area contributed by atoms with E-state index < -0.39 is 6.10 Å². The van der Waals surface area contributed by atoms with E-state index >= 15 is 0 Å². The van der Waals surface area contributed by atoms with Crippen LogP contribution in [0.4, 0.5) is 0 Å². The molecule has 2 radical (unpaired) electrons. The Labute approximate surface area is 101 Å². The molecule has 0 amide bonds. The molecule has 1 N–H and O–H groups in total. The molecule has 0 saturated carbocycles. The molecule has 90 valence electrons. The van der Waals surface area contributed by atoms with E-state index in [-0.39, 0.29) is 17.2 Å². The summed E-state index contributed by atoms with van der Waals surface area (Å²) in [6.45, 7) is 8.17. The Bertz CT molecular complexity index is 270. The van der Waals surface area contributed by atoms with Crippen molar-refractivity contribution in [2.75, 3.05) is 6.61 Å². The summed E-state index contributed by atoms with van der Waals surface area (Å²) in [6.07, 6.45) is -0.129. The maximum atomic E-state index is 10.7. The van der Waals surface area contributed by atoms with Crippen molar-refractivity contribution in [2.45, 2.75) is 51.7 Å². The van der Waals surface area contributed by atoms with Gasteiger partial charge in [-0.1, -0.05) is 32.6 Å². The van der Waals surface area contributed by atoms with Gasteiger partial charge in [0, 0.05) is 12.8 Å². The number of hydrogen-bond donors (Lipinski definition) is 1. The molecule has 0 aliphatic rings. The number of carbonyl (C=O) groups is 1. The number of aliphatic hydroxyl groups is 1. The molecule has 0 aliphatic carbocycles. The number of aliphatic hydroxyl groups excluding tert-OH is 1. The number of rotatable bonds is 5. The van der Waals surface area contributed by atoms with Gasteiger partial charge in [-0.15, -0.1) is 0 Å². The van der Waals surface area contributed by atoms with E-state index in [4.69, 9.17) is 4.43 Å². The lowest BCUT2D eigenvalue weighted by Crippen LogP contribution is -2.12. The summed E-state index contributed by atoms with van der Waals surface area (Å²) >= 11 is 0.